The van der Waals surface area contributed by atoms with E-state index in [0.717, 1.165) is 12.8 Å². The standard InChI is InChI=1S/C13H19Cl2NO3S/c1-2-3-10(4-5-17)9-16-20(18,19)13-7-11(14)6-12(15)8-13/h6-8,10,16-17H,2-5,9H2,1H3. The van der Waals surface area contributed by atoms with Crippen LogP contribution in [0.1, 0.15) is 26.2 Å². The lowest BCUT2D eigenvalue weighted by molar-refractivity contribution is 0.251. The van der Waals surface area contributed by atoms with E-state index in [-0.39, 0.29) is 27.5 Å². The Kier molecular flexibility index (Phi) is 7.26. The van der Waals surface area contributed by atoms with Crippen molar-refractivity contribution in [1.82, 2.24) is 4.72 Å². The van der Waals surface area contributed by atoms with Gasteiger partial charge in [-0.3, -0.25) is 0 Å². The maximum absolute atomic E-state index is 12.2. The van der Waals surface area contributed by atoms with Crippen molar-refractivity contribution in [3.05, 3.63) is 28.2 Å². The molecule has 0 aliphatic heterocycles. The molecule has 0 bridgehead atoms. The molecule has 2 N–H and O–H groups in total. The Balaban J connectivity index is 2.78. The van der Waals surface area contributed by atoms with Crippen LogP contribution in [0.25, 0.3) is 0 Å². The molecular weight excluding hydrogens is 321 g/mol. The van der Waals surface area contributed by atoms with E-state index in [1.165, 1.54) is 18.2 Å². The summed E-state index contributed by atoms with van der Waals surface area (Å²) in [4.78, 5) is 0.0502. The van der Waals surface area contributed by atoms with Crippen LogP contribution >= 0.6 is 23.2 Å². The maximum Gasteiger partial charge on any atom is 0.240 e. The van der Waals surface area contributed by atoms with Crippen molar-refractivity contribution in [2.24, 2.45) is 5.92 Å². The average molecular weight is 340 g/mol. The SMILES string of the molecule is CCCC(CCO)CNS(=O)(=O)c1cc(Cl)cc(Cl)c1. The van der Waals surface area contributed by atoms with E-state index in [1.54, 1.807) is 0 Å². The van der Waals surface area contributed by atoms with Crippen molar-refractivity contribution in [3.63, 3.8) is 0 Å². The molecule has 0 heterocycles. The molecule has 0 spiro atoms. The lowest BCUT2D eigenvalue weighted by atomic mass is 10.0. The number of nitrogens with one attached hydrogen (secondary N) is 1. The predicted molar refractivity (Wildman–Crippen MR) is 81.8 cm³/mol. The summed E-state index contributed by atoms with van der Waals surface area (Å²) in [7, 11) is -3.64. The van der Waals surface area contributed by atoms with Crippen molar-refractivity contribution in [1.29, 1.82) is 0 Å². The molecule has 7 heteroatoms. The highest BCUT2D eigenvalue weighted by Crippen LogP contribution is 2.22. The molecule has 0 amide bonds. The summed E-state index contributed by atoms with van der Waals surface area (Å²) in [5.41, 5.74) is 0. The summed E-state index contributed by atoms with van der Waals surface area (Å²) in [5, 5.41) is 9.52. The van der Waals surface area contributed by atoms with E-state index >= 15 is 0 Å². The Morgan fingerprint density at radius 3 is 2.30 bits per heavy atom. The number of hydrogen-bond acceptors (Lipinski definition) is 3. The molecule has 1 unspecified atom stereocenters. The third-order valence-corrected chi connectivity index (χ3v) is 4.78. The van der Waals surface area contributed by atoms with Crippen LogP contribution < -0.4 is 4.72 Å². The predicted octanol–water partition coefficient (Wildman–Crippen LogP) is 3.07. The minimum Gasteiger partial charge on any atom is -0.396 e. The van der Waals surface area contributed by atoms with Crippen LogP contribution in [0, 0.1) is 5.92 Å². The fraction of sp³-hybridized carbons (Fsp3) is 0.538. The highest BCUT2D eigenvalue weighted by Gasteiger charge is 2.17. The summed E-state index contributed by atoms with van der Waals surface area (Å²) in [5.74, 6) is 0.120. The van der Waals surface area contributed by atoms with Crippen molar-refractivity contribution in [2.45, 2.75) is 31.1 Å². The van der Waals surface area contributed by atoms with Gasteiger partial charge in [-0.1, -0.05) is 36.5 Å². The van der Waals surface area contributed by atoms with Gasteiger partial charge in [0.05, 0.1) is 4.90 Å². The molecule has 0 fully saturated rings. The van der Waals surface area contributed by atoms with Crippen LogP contribution in [-0.4, -0.2) is 26.7 Å². The van der Waals surface area contributed by atoms with E-state index < -0.39 is 10.0 Å². The summed E-state index contributed by atoms with van der Waals surface area (Å²) in [6, 6.07) is 4.20. The monoisotopic (exact) mass is 339 g/mol. The van der Waals surface area contributed by atoms with E-state index in [4.69, 9.17) is 28.3 Å². The van der Waals surface area contributed by atoms with Crippen LogP contribution in [0.5, 0.6) is 0 Å². The van der Waals surface area contributed by atoms with Crippen LogP contribution in [0.4, 0.5) is 0 Å². The molecule has 0 saturated heterocycles. The molecule has 1 rings (SSSR count). The van der Waals surface area contributed by atoms with Gasteiger partial charge in [-0.05, 0) is 37.0 Å². The number of halogens is 2. The Labute approximate surface area is 130 Å². The summed E-state index contributed by atoms with van der Waals surface area (Å²) < 4.78 is 26.9. The first-order chi connectivity index (χ1) is 9.39. The van der Waals surface area contributed by atoms with Crippen molar-refractivity contribution in [2.75, 3.05) is 13.2 Å². The maximum atomic E-state index is 12.2. The van der Waals surface area contributed by atoms with Crippen LogP contribution in [0.15, 0.2) is 23.1 Å². The summed E-state index contributed by atoms with van der Waals surface area (Å²) in [6.07, 6.45) is 2.38. The molecule has 0 saturated carbocycles. The summed E-state index contributed by atoms with van der Waals surface area (Å²) in [6.45, 7) is 2.37. The Bertz CT molecular complexity index is 508. The van der Waals surface area contributed by atoms with E-state index in [0.29, 0.717) is 13.0 Å². The molecule has 0 aliphatic rings. The molecule has 4 nitrogen and oxygen atoms in total. The van der Waals surface area contributed by atoms with Gasteiger partial charge in [0.15, 0.2) is 0 Å². The Hall–Kier alpha value is -0.330. The molecule has 20 heavy (non-hydrogen) atoms. The van der Waals surface area contributed by atoms with Crippen molar-refractivity contribution in [3.8, 4) is 0 Å². The zero-order valence-corrected chi connectivity index (χ0v) is 13.6. The second kappa shape index (κ2) is 8.20. The van der Waals surface area contributed by atoms with E-state index in [1.807, 2.05) is 6.92 Å². The normalized spacial score (nSPS) is 13.4. The number of sulfonamides is 1. The minimum absolute atomic E-state index is 0.0502. The average Bonchev–Trinajstić information content (AvgIpc) is 2.35. The first kappa shape index (κ1) is 17.7. The molecule has 1 aromatic carbocycles. The number of aliphatic hydroxyl groups excluding tert-OH is 1. The highest BCUT2D eigenvalue weighted by molar-refractivity contribution is 7.89. The topological polar surface area (TPSA) is 66.4 Å². The lowest BCUT2D eigenvalue weighted by Crippen LogP contribution is -2.30. The van der Waals surface area contributed by atoms with Gasteiger partial charge in [-0.2, -0.15) is 0 Å². The molecule has 1 aromatic rings. The number of hydrogen-bond donors (Lipinski definition) is 2. The van der Waals surface area contributed by atoms with Gasteiger partial charge in [0, 0.05) is 23.2 Å². The molecule has 0 aliphatic carbocycles. The second-order valence-electron chi connectivity index (χ2n) is 4.62. The van der Waals surface area contributed by atoms with Gasteiger partial charge in [-0.15, -0.1) is 0 Å². The molecular formula is C13H19Cl2NO3S. The quantitative estimate of drug-likeness (QED) is 0.764. The zero-order valence-electron chi connectivity index (χ0n) is 11.3. The fourth-order valence-electron chi connectivity index (χ4n) is 1.93. The Morgan fingerprint density at radius 1 is 1.20 bits per heavy atom. The highest BCUT2D eigenvalue weighted by atomic mass is 35.5. The van der Waals surface area contributed by atoms with Crippen LogP contribution in [0.2, 0.25) is 10.0 Å². The van der Waals surface area contributed by atoms with E-state index in [9.17, 15) is 8.42 Å². The number of rotatable bonds is 8. The van der Waals surface area contributed by atoms with Gasteiger partial charge >= 0.3 is 0 Å². The number of aliphatic hydroxyl groups is 1. The second-order valence-corrected chi connectivity index (χ2v) is 7.26. The third-order valence-electron chi connectivity index (χ3n) is 2.94. The number of benzene rings is 1. The van der Waals surface area contributed by atoms with Gasteiger partial charge < -0.3 is 5.11 Å². The first-order valence-electron chi connectivity index (χ1n) is 6.45. The smallest absolute Gasteiger partial charge is 0.240 e. The van der Waals surface area contributed by atoms with Crippen LogP contribution in [0.3, 0.4) is 0 Å². The van der Waals surface area contributed by atoms with Crippen molar-refractivity contribution < 1.29 is 13.5 Å². The van der Waals surface area contributed by atoms with Crippen LogP contribution in [-0.2, 0) is 10.0 Å². The molecule has 1 atom stereocenters. The van der Waals surface area contributed by atoms with Gasteiger partial charge in [0.2, 0.25) is 10.0 Å². The molecule has 114 valence electrons. The van der Waals surface area contributed by atoms with Gasteiger partial charge in [-0.25, -0.2) is 13.1 Å². The lowest BCUT2D eigenvalue weighted by Gasteiger charge is -2.16. The largest absolute Gasteiger partial charge is 0.396 e. The minimum atomic E-state index is -3.64. The van der Waals surface area contributed by atoms with E-state index in [2.05, 4.69) is 4.72 Å². The first-order valence-corrected chi connectivity index (χ1v) is 8.69. The van der Waals surface area contributed by atoms with Gasteiger partial charge in [0.25, 0.3) is 0 Å². The van der Waals surface area contributed by atoms with Gasteiger partial charge in [0.1, 0.15) is 0 Å². The molecule has 0 radical (unpaired) electrons. The zero-order chi connectivity index (χ0) is 15.2. The van der Waals surface area contributed by atoms with Crippen molar-refractivity contribution >= 4 is 33.2 Å². The third kappa shape index (κ3) is 5.58. The summed E-state index contributed by atoms with van der Waals surface area (Å²) >= 11 is 11.6. The molecule has 0 aromatic heterocycles. The fourth-order valence-corrected chi connectivity index (χ4v) is 3.78. The Morgan fingerprint density at radius 2 is 1.80 bits per heavy atom.